The fourth-order valence-corrected chi connectivity index (χ4v) is 3.89. The zero-order valence-corrected chi connectivity index (χ0v) is 16.9. The molecular formula is C25H24FN3O. The minimum atomic E-state index is -0.300. The average molecular weight is 401 g/mol. The van der Waals surface area contributed by atoms with Gasteiger partial charge in [-0.1, -0.05) is 36.4 Å². The first-order chi connectivity index (χ1) is 14.7. The fraction of sp³-hybridized carbons (Fsp3) is 0.200. The highest BCUT2D eigenvalue weighted by atomic mass is 19.1. The normalized spacial score (nSPS) is 12.1. The van der Waals surface area contributed by atoms with Crippen LogP contribution in [0.15, 0.2) is 79.1 Å². The summed E-state index contributed by atoms with van der Waals surface area (Å²) in [4.78, 5) is 17.1. The van der Waals surface area contributed by atoms with E-state index < -0.39 is 0 Å². The molecule has 4 aromatic rings. The zero-order valence-electron chi connectivity index (χ0n) is 16.9. The molecule has 4 rings (SSSR count). The molecule has 0 aliphatic carbocycles. The molecule has 0 bridgehead atoms. The molecule has 0 radical (unpaired) electrons. The Balaban J connectivity index is 1.67. The van der Waals surface area contributed by atoms with Gasteiger partial charge in [0.25, 0.3) is 0 Å². The van der Waals surface area contributed by atoms with Gasteiger partial charge in [-0.3, -0.25) is 9.78 Å². The number of pyridine rings is 1. The van der Waals surface area contributed by atoms with Gasteiger partial charge >= 0.3 is 0 Å². The lowest BCUT2D eigenvalue weighted by atomic mass is 9.88. The molecule has 0 saturated carbocycles. The maximum Gasteiger partial charge on any atom is 0.221 e. The number of carbonyl (C=O) groups excluding carboxylic acids is 1. The highest BCUT2D eigenvalue weighted by Gasteiger charge is 2.23. The molecule has 0 aliphatic rings. The van der Waals surface area contributed by atoms with Gasteiger partial charge in [-0.15, -0.1) is 0 Å². The molecule has 0 fully saturated rings. The van der Waals surface area contributed by atoms with Gasteiger partial charge in [0, 0.05) is 42.2 Å². The number of amides is 1. The van der Waals surface area contributed by atoms with Gasteiger partial charge in [0.05, 0.1) is 12.2 Å². The second kappa shape index (κ2) is 8.91. The minimum Gasteiger partial charge on any atom is -0.350 e. The number of nitrogens with zero attached hydrogens (tertiary/aromatic N) is 2. The number of benzene rings is 2. The largest absolute Gasteiger partial charge is 0.350 e. The minimum absolute atomic E-state index is 0.0942. The Morgan fingerprint density at radius 1 is 1.10 bits per heavy atom. The molecule has 1 atom stereocenters. The quantitative estimate of drug-likeness (QED) is 0.472. The Labute approximate surface area is 175 Å². The van der Waals surface area contributed by atoms with E-state index in [1.165, 1.54) is 12.1 Å². The van der Waals surface area contributed by atoms with Crippen molar-refractivity contribution in [2.45, 2.75) is 32.4 Å². The third-order valence-corrected chi connectivity index (χ3v) is 5.37. The predicted molar refractivity (Wildman–Crippen MR) is 117 cm³/mol. The van der Waals surface area contributed by atoms with E-state index in [0.29, 0.717) is 6.54 Å². The number of rotatable bonds is 7. The topological polar surface area (TPSA) is 46.9 Å². The SMILES string of the molecule is CCn1cc(C(CC(=O)NCc2ccccn2)c2cccc(F)c2)c2ccccc21. The second-order valence-electron chi connectivity index (χ2n) is 7.30. The van der Waals surface area contributed by atoms with Crippen molar-refractivity contribution < 1.29 is 9.18 Å². The van der Waals surface area contributed by atoms with Crippen LogP contribution >= 0.6 is 0 Å². The van der Waals surface area contributed by atoms with Crippen molar-refractivity contribution in [1.29, 1.82) is 0 Å². The molecule has 1 unspecified atom stereocenters. The molecular weight excluding hydrogens is 377 g/mol. The third-order valence-electron chi connectivity index (χ3n) is 5.37. The Bertz CT molecular complexity index is 1150. The van der Waals surface area contributed by atoms with Gasteiger partial charge in [0.2, 0.25) is 5.91 Å². The number of aromatic nitrogens is 2. The highest BCUT2D eigenvalue weighted by molar-refractivity contribution is 5.86. The van der Waals surface area contributed by atoms with E-state index in [4.69, 9.17) is 0 Å². The van der Waals surface area contributed by atoms with Crippen molar-refractivity contribution in [2.75, 3.05) is 0 Å². The van der Waals surface area contributed by atoms with E-state index in [1.54, 1.807) is 12.3 Å². The number of aryl methyl sites for hydroxylation is 1. The second-order valence-corrected chi connectivity index (χ2v) is 7.30. The number of hydrogen-bond donors (Lipinski definition) is 1. The van der Waals surface area contributed by atoms with Crippen LogP contribution in [0.2, 0.25) is 0 Å². The molecule has 2 aromatic carbocycles. The molecule has 1 amide bonds. The van der Waals surface area contributed by atoms with Crippen LogP contribution in [0.4, 0.5) is 4.39 Å². The van der Waals surface area contributed by atoms with Gasteiger partial charge < -0.3 is 9.88 Å². The lowest BCUT2D eigenvalue weighted by molar-refractivity contribution is -0.121. The molecule has 30 heavy (non-hydrogen) atoms. The lowest BCUT2D eigenvalue weighted by Crippen LogP contribution is -2.25. The van der Waals surface area contributed by atoms with Crippen LogP contribution < -0.4 is 5.32 Å². The van der Waals surface area contributed by atoms with E-state index in [9.17, 15) is 9.18 Å². The molecule has 5 heteroatoms. The van der Waals surface area contributed by atoms with Crippen molar-refractivity contribution >= 4 is 16.8 Å². The first kappa shape index (κ1) is 19.8. The summed E-state index contributed by atoms with van der Waals surface area (Å²) in [6.45, 7) is 3.28. The van der Waals surface area contributed by atoms with Gasteiger partial charge in [-0.25, -0.2) is 4.39 Å². The first-order valence-electron chi connectivity index (χ1n) is 10.2. The summed E-state index contributed by atoms with van der Waals surface area (Å²) in [5.41, 5.74) is 3.74. The van der Waals surface area contributed by atoms with Crippen molar-refractivity contribution in [3.05, 3.63) is 102 Å². The van der Waals surface area contributed by atoms with E-state index in [0.717, 1.165) is 34.3 Å². The van der Waals surface area contributed by atoms with Crippen molar-refractivity contribution in [3.63, 3.8) is 0 Å². The first-order valence-corrected chi connectivity index (χ1v) is 10.2. The zero-order chi connectivity index (χ0) is 20.9. The fourth-order valence-electron chi connectivity index (χ4n) is 3.89. The van der Waals surface area contributed by atoms with Crippen molar-refractivity contribution in [2.24, 2.45) is 0 Å². The van der Waals surface area contributed by atoms with E-state index in [-0.39, 0.29) is 24.1 Å². The Hall–Kier alpha value is -3.47. The summed E-state index contributed by atoms with van der Waals surface area (Å²) in [6, 6.07) is 20.3. The maximum atomic E-state index is 14.0. The maximum absolute atomic E-state index is 14.0. The summed E-state index contributed by atoms with van der Waals surface area (Å²) in [6.07, 6.45) is 4.02. The van der Waals surface area contributed by atoms with Crippen molar-refractivity contribution in [1.82, 2.24) is 14.9 Å². The van der Waals surface area contributed by atoms with Crippen molar-refractivity contribution in [3.8, 4) is 0 Å². The third kappa shape index (κ3) is 4.25. The smallest absolute Gasteiger partial charge is 0.221 e. The molecule has 0 aliphatic heterocycles. The van der Waals surface area contributed by atoms with Crippen LogP contribution in [-0.4, -0.2) is 15.5 Å². The van der Waals surface area contributed by atoms with Crippen LogP contribution in [0.1, 0.15) is 36.1 Å². The molecule has 0 spiro atoms. The van der Waals surface area contributed by atoms with E-state index in [1.807, 2.05) is 36.4 Å². The van der Waals surface area contributed by atoms with Crippen LogP contribution in [0, 0.1) is 5.82 Å². The molecule has 1 N–H and O–H groups in total. The summed E-state index contributed by atoms with van der Waals surface area (Å²) >= 11 is 0. The molecule has 0 saturated heterocycles. The Kier molecular flexibility index (Phi) is 5.89. The van der Waals surface area contributed by atoms with Crippen LogP contribution in [0.25, 0.3) is 10.9 Å². The summed E-state index contributed by atoms with van der Waals surface area (Å²) in [5.74, 6) is -0.643. The standard InChI is InChI=1S/C25H24FN3O/c1-2-29-17-23(21-11-3-4-12-24(21)29)22(18-8-7-9-19(26)14-18)15-25(30)28-16-20-10-5-6-13-27-20/h3-14,17,22H,2,15-16H2,1H3,(H,28,30). The predicted octanol–water partition coefficient (Wildman–Crippen LogP) is 5.03. The Morgan fingerprint density at radius 3 is 2.70 bits per heavy atom. The molecule has 152 valence electrons. The lowest BCUT2D eigenvalue weighted by Gasteiger charge is -2.17. The number of hydrogen-bond acceptors (Lipinski definition) is 2. The van der Waals surface area contributed by atoms with Gasteiger partial charge in [-0.2, -0.15) is 0 Å². The molecule has 2 aromatic heterocycles. The van der Waals surface area contributed by atoms with Gasteiger partial charge in [0.15, 0.2) is 0 Å². The molecule has 2 heterocycles. The summed E-state index contributed by atoms with van der Waals surface area (Å²) in [7, 11) is 0. The summed E-state index contributed by atoms with van der Waals surface area (Å²) in [5, 5.41) is 4.04. The van der Waals surface area contributed by atoms with E-state index in [2.05, 4.69) is 40.1 Å². The number of halogens is 1. The number of nitrogens with one attached hydrogen (secondary N) is 1. The van der Waals surface area contributed by atoms with Crippen LogP contribution in [0.5, 0.6) is 0 Å². The monoisotopic (exact) mass is 401 g/mol. The highest BCUT2D eigenvalue weighted by Crippen LogP contribution is 2.35. The van der Waals surface area contributed by atoms with Gasteiger partial charge in [0.1, 0.15) is 5.82 Å². The number of fused-ring (bicyclic) bond motifs is 1. The molecule has 4 nitrogen and oxygen atoms in total. The Morgan fingerprint density at radius 2 is 1.93 bits per heavy atom. The van der Waals surface area contributed by atoms with Crippen LogP contribution in [-0.2, 0) is 17.9 Å². The number of para-hydroxylation sites is 1. The summed E-state index contributed by atoms with van der Waals surface area (Å²) < 4.78 is 16.2. The number of carbonyl (C=O) groups is 1. The van der Waals surface area contributed by atoms with Crippen LogP contribution in [0.3, 0.4) is 0 Å². The van der Waals surface area contributed by atoms with Gasteiger partial charge in [-0.05, 0) is 48.4 Å². The van der Waals surface area contributed by atoms with E-state index >= 15 is 0 Å². The average Bonchev–Trinajstić information content (AvgIpc) is 3.15.